The van der Waals surface area contributed by atoms with Crippen LogP contribution in [0.2, 0.25) is 0 Å². The molecule has 3 aliphatic rings. The molecule has 0 radical (unpaired) electrons. The van der Waals surface area contributed by atoms with Gasteiger partial charge in [0.2, 0.25) is 0 Å². The summed E-state index contributed by atoms with van der Waals surface area (Å²) in [5.74, 6) is 0.706. The summed E-state index contributed by atoms with van der Waals surface area (Å²) in [4.78, 5) is 11.0. The minimum Gasteiger partial charge on any atom is -0.478 e. The van der Waals surface area contributed by atoms with Crippen molar-refractivity contribution in [1.29, 1.82) is 0 Å². The Labute approximate surface area is 85.0 Å². The molecule has 0 saturated heterocycles. The summed E-state index contributed by atoms with van der Waals surface area (Å²) in [6.07, 6.45) is 6.87. The van der Waals surface area contributed by atoms with Crippen LogP contribution in [-0.4, -0.2) is 11.1 Å². The fraction of sp³-hybridized carbons (Fsp3) is 0.750. The molecule has 3 saturated carbocycles. The van der Waals surface area contributed by atoms with Gasteiger partial charge in [-0.2, -0.15) is 0 Å². The van der Waals surface area contributed by atoms with E-state index in [1.807, 2.05) is 6.92 Å². The van der Waals surface area contributed by atoms with Gasteiger partial charge >= 0.3 is 5.97 Å². The lowest BCUT2D eigenvalue weighted by molar-refractivity contribution is -0.132. The zero-order valence-electron chi connectivity index (χ0n) is 8.75. The van der Waals surface area contributed by atoms with E-state index in [4.69, 9.17) is 5.11 Å². The number of carbonyl (C=O) groups is 1. The lowest BCUT2D eigenvalue weighted by atomic mass is 9.66. The van der Waals surface area contributed by atoms with Gasteiger partial charge in [0.05, 0.1) is 0 Å². The van der Waals surface area contributed by atoms with Crippen LogP contribution in [0.1, 0.15) is 45.4 Å². The van der Waals surface area contributed by atoms with Crippen molar-refractivity contribution in [2.75, 3.05) is 0 Å². The maximum absolute atomic E-state index is 11.0. The molecule has 3 aliphatic carbocycles. The molecule has 1 N–H and O–H groups in total. The first-order chi connectivity index (χ1) is 6.72. The maximum Gasteiger partial charge on any atom is 0.331 e. The van der Waals surface area contributed by atoms with Gasteiger partial charge < -0.3 is 5.11 Å². The third kappa shape index (κ3) is 1.58. The van der Waals surface area contributed by atoms with Gasteiger partial charge in [-0.3, -0.25) is 0 Å². The van der Waals surface area contributed by atoms with Crippen LogP contribution in [0.4, 0.5) is 0 Å². The third-order valence-corrected chi connectivity index (χ3v) is 3.85. The molecular weight excluding hydrogens is 176 g/mol. The summed E-state index contributed by atoms with van der Waals surface area (Å²) in [6, 6.07) is 0. The highest BCUT2D eigenvalue weighted by Gasteiger charge is 2.33. The molecule has 0 aromatic rings. The minimum atomic E-state index is -0.685. The molecule has 2 nitrogen and oxygen atoms in total. The Morgan fingerprint density at radius 3 is 2.36 bits per heavy atom. The Kier molecular flexibility index (Phi) is 2.62. The van der Waals surface area contributed by atoms with Crippen LogP contribution in [-0.2, 0) is 4.79 Å². The van der Waals surface area contributed by atoms with E-state index in [0.717, 1.165) is 12.3 Å². The van der Waals surface area contributed by atoms with Gasteiger partial charge in [-0.15, -0.1) is 0 Å². The normalized spacial score (nSPS) is 34.4. The van der Waals surface area contributed by atoms with Gasteiger partial charge in [-0.05, 0) is 50.4 Å². The molecular formula is C12H18O2. The summed E-state index contributed by atoms with van der Waals surface area (Å²) in [7, 11) is 0. The zero-order valence-corrected chi connectivity index (χ0v) is 8.75. The predicted molar refractivity (Wildman–Crippen MR) is 55.0 cm³/mol. The summed E-state index contributed by atoms with van der Waals surface area (Å²) < 4.78 is 0. The maximum atomic E-state index is 11.0. The van der Waals surface area contributed by atoms with Gasteiger partial charge in [0.25, 0.3) is 0 Å². The van der Waals surface area contributed by atoms with Gasteiger partial charge in [0, 0.05) is 5.57 Å². The van der Waals surface area contributed by atoms with Crippen LogP contribution in [0.15, 0.2) is 11.1 Å². The number of allylic oxidation sites excluding steroid dienone is 1. The molecule has 3 fully saturated rings. The molecule has 0 aliphatic heterocycles. The van der Waals surface area contributed by atoms with Crippen LogP contribution in [0, 0.1) is 11.8 Å². The average Bonchev–Trinajstić information content (AvgIpc) is 2.20. The molecule has 78 valence electrons. The second-order valence-corrected chi connectivity index (χ2v) is 4.58. The molecule has 0 atom stereocenters. The quantitative estimate of drug-likeness (QED) is 0.686. The van der Waals surface area contributed by atoms with E-state index < -0.39 is 5.97 Å². The largest absolute Gasteiger partial charge is 0.478 e. The molecule has 3 rings (SSSR count). The number of hydrogen-bond acceptors (Lipinski definition) is 1. The van der Waals surface area contributed by atoms with Crippen molar-refractivity contribution in [1.82, 2.24) is 0 Å². The highest BCUT2D eigenvalue weighted by Crippen LogP contribution is 2.46. The molecule has 0 unspecified atom stereocenters. The van der Waals surface area contributed by atoms with Crippen molar-refractivity contribution in [2.45, 2.75) is 45.4 Å². The molecule has 0 amide bonds. The summed E-state index contributed by atoms with van der Waals surface area (Å²) in [5, 5.41) is 9.10. The van der Waals surface area contributed by atoms with Crippen LogP contribution in [0.25, 0.3) is 0 Å². The van der Waals surface area contributed by atoms with E-state index in [1.54, 1.807) is 0 Å². The smallest absolute Gasteiger partial charge is 0.331 e. The van der Waals surface area contributed by atoms with E-state index in [2.05, 4.69) is 0 Å². The van der Waals surface area contributed by atoms with Crippen LogP contribution < -0.4 is 0 Å². The number of fused-ring (bicyclic) bond motifs is 3. The van der Waals surface area contributed by atoms with Crippen LogP contribution in [0.5, 0.6) is 0 Å². The average molecular weight is 194 g/mol. The van der Waals surface area contributed by atoms with Crippen molar-refractivity contribution < 1.29 is 9.90 Å². The van der Waals surface area contributed by atoms with E-state index in [0.29, 0.717) is 17.9 Å². The first kappa shape index (κ1) is 9.75. The predicted octanol–water partition coefficient (Wildman–Crippen LogP) is 2.99. The Balaban J connectivity index is 2.28. The van der Waals surface area contributed by atoms with Crippen molar-refractivity contribution in [2.24, 2.45) is 11.8 Å². The van der Waals surface area contributed by atoms with Crippen molar-refractivity contribution in [3.63, 3.8) is 0 Å². The Bertz CT molecular complexity index is 270. The van der Waals surface area contributed by atoms with E-state index in [-0.39, 0.29) is 0 Å². The molecule has 2 bridgehead atoms. The molecule has 2 heteroatoms. The van der Waals surface area contributed by atoms with Crippen molar-refractivity contribution in [3.8, 4) is 0 Å². The minimum absolute atomic E-state index is 0.603. The van der Waals surface area contributed by atoms with Gasteiger partial charge in [0.1, 0.15) is 0 Å². The molecule has 0 spiro atoms. The Morgan fingerprint density at radius 2 is 2.00 bits per heavy atom. The highest BCUT2D eigenvalue weighted by molar-refractivity contribution is 5.87. The van der Waals surface area contributed by atoms with Gasteiger partial charge in [-0.25, -0.2) is 4.79 Å². The monoisotopic (exact) mass is 194 g/mol. The topological polar surface area (TPSA) is 37.3 Å². The number of carboxylic acids is 1. The molecule has 14 heavy (non-hydrogen) atoms. The Morgan fingerprint density at radius 1 is 1.36 bits per heavy atom. The van der Waals surface area contributed by atoms with Crippen molar-refractivity contribution >= 4 is 5.97 Å². The lowest BCUT2D eigenvalue weighted by Crippen LogP contribution is -2.27. The second-order valence-electron chi connectivity index (χ2n) is 4.58. The first-order valence-corrected chi connectivity index (χ1v) is 5.67. The zero-order chi connectivity index (χ0) is 10.1. The SMILES string of the molecule is CC/C(C(=O)O)=C1\CC2CCC1CC2. The van der Waals surface area contributed by atoms with E-state index in [9.17, 15) is 4.79 Å². The van der Waals surface area contributed by atoms with Crippen LogP contribution >= 0.6 is 0 Å². The molecule has 0 heterocycles. The fourth-order valence-corrected chi connectivity index (χ4v) is 3.08. The van der Waals surface area contributed by atoms with Gasteiger partial charge in [0.15, 0.2) is 0 Å². The molecule has 0 aromatic carbocycles. The second kappa shape index (κ2) is 3.76. The third-order valence-electron chi connectivity index (χ3n) is 3.85. The number of carboxylic acid groups (broad SMARTS) is 1. The molecule has 0 aromatic heterocycles. The summed E-state index contributed by atoms with van der Waals surface area (Å²) >= 11 is 0. The highest BCUT2D eigenvalue weighted by atomic mass is 16.4. The summed E-state index contributed by atoms with van der Waals surface area (Å²) in [5.41, 5.74) is 1.99. The van der Waals surface area contributed by atoms with E-state index in [1.165, 1.54) is 31.3 Å². The Hall–Kier alpha value is -0.790. The number of aliphatic carboxylic acids is 1. The lowest BCUT2D eigenvalue weighted by Gasteiger charge is -2.39. The fourth-order valence-electron chi connectivity index (χ4n) is 3.08. The first-order valence-electron chi connectivity index (χ1n) is 5.67. The van der Waals surface area contributed by atoms with Crippen molar-refractivity contribution in [3.05, 3.63) is 11.1 Å². The van der Waals surface area contributed by atoms with E-state index >= 15 is 0 Å². The standard InChI is InChI=1S/C12H18O2/c1-2-10(12(13)14)11-7-8-3-5-9(11)6-4-8/h8-9H,2-7H2,1H3,(H,13,14)/b11-10-. The van der Waals surface area contributed by atoms with Crippen LogP contribution in [0.3, 0.4) is 0 Å². The summed E-state index contributed by atoms with van der Waals surface area (Å²) in [6.45, 7) is 1.96. The van der Waals surface area contributed by atoms with Gasteiger partial charge in [-0.1, -0.05) is 12.5 Å². The number of hydrogen-bond donors (Lipinski definition) is 1. The number of rotatable bonds is 2.